The maximum absolute atomic E-state index is 12.5. The molecule has 3 rings (SSSR count). The van der Waals surface area contributed by atoms with Crippen LogP contribution in [0, 0.1) is 5.41 Å². The highest BCUT2D eigenvalue weighted by Gasteiger charge is 2.30. The molecule has 0 aliphatic carbocycles. The summed E-state index contributed by atoms with van der Waals surface area (Å²) in [5.41, 5.74) is 1.50. The molecule has 1 N–H and O–H groups in total. The Kier molecular flexibility index (Phi) is 6.14. The Balaban J connectivity index is 1.71. The van der Waals surface area contributed by atoms with E-state index in [4.69, 9.17) is 14.9 Å². The average molecular weight is 378 g/mol. The molecule has 8 heteroatoms. The highest BCUT2D eigenvalue weighted by molar-refractivity contribution is 6.07. The highest BCUT2D eigenvalue weighted by atomic mass is 16.6. The van der Waals surface area contributed by atoms with Gasteiger partial charge in [0.25, 0.3) is 0 Å². The maximum Gasteiger partial charge on any atom is 0.426 e. The fourth-order valence-corrected chi connectivity index (χ4v) is 2.31. The van der Waals surface area contributed by atoms with E-state index >= 15 is 0 Å². The van der Waals surface area contributed by atoms with E-state index in [2.05, 4.69) is 5.10 Å². The molecule has 0 fully saturated rings. The van der Waals surface area contributed by atoms with Crippen LogP contribution in [0.3, 0.4) is 0 Å². The minimum Gasteiger partial charge on any atom is -0.444 e. The van der Waals surface area contributed by atoms with Crippen LogP contribution in [-0.4, -0.2) is 32.8 Å². The van der Waals surface area contributed by atoms with Gasteiger partial charge in [-0.25, -0.2) is 14.3 Å². The van der Waals surface area contributed by atoms with Gasteiger partial charge >= 0.3 is 12.2 Å². The molecule has 0 aliphatic heterocycles. The quantitative estimate of drug-likeness (QED) is 0.552. The van der Waals surface area contributed by atoms with Gasteiger partial charge in [0, 0.05) is 12.4 Å². The second kappa shape index (κ2) is 9.13. The number of amides is 2. The van der Waals surface area contributed by atoms with Crippen molar-refractivity contribution in [1.82, 2.24) is 14.7 Å². The van der Waals surface area contributed by atoms with Crippen LogP contribution in [0.5, 0.6) is 0 Å². The lowest BCUT2D eigenvalue weighted by Gasteiger charge is -2.20. The minimum absolute atomic E-state index is 0.0471. The summed E-state index contributed by atoms with van der Waals surface area (Å²) in [5, 5.41) is 12.0. The summed E-state index contributed by atoms with van der Waals surface area (Å²) >= 11 is 0. The molecular formula is C20H18N4O4. The number of ether oxygens (including phenoxy) is 2. The van der Waals surface area contributed by atoms with Crippen LogP contribution >= 0.6 is 0 Å². The summed E-state index contributed by atoms with van der Waals surface area (Å²) < 4.78 is 11.4. The zero-order chi connectivity index (χ0) is 19.8. The summed E-state index contributed by atoms with van der Waals surface area (Å²) in [6, 6.07) is 19.6. The Morgan fingerprint density at radius 3 is 1.79 bits per heavy atom. The summed E-state index contributed by atoms with van der Waals surface area (Å²) in [7, 11) is 0. The van der Waals surface area contributed by atoms with Crippen LogP contribution in [0.15, 0.2) is 79.1 Å². The zero-order valence-corrected chi connectivity index (χ0v) is 14.9. The van der Waals surface area contributed by atoms with Gasteiger partial charge in [-0.15, -0.1) is 4.90 Å². The summed E-state index contributed by atoms with van der Waals surface area (Å²) in [6.07, 6.45) is 0.812. The molecule has 28 heavy (non-hydrogen) atoms. The van der Waals surface area contributed by atoms with Gasteiger partial charge in [0.1, 0.15) is 13.2 Å². The Bertz CT molecular complexity index is 872. The van der Waals surface area contributed by atoms with Crippen LogP contribution in [-0.2, 0) is 22.7 Å². The van der Waals surface area contributed by atoms with Crippen LogP contribution in [0.2, 0.25) is 0 Å². The monoisotopic (exact) mass is 378 g/mol. The molecular weight excluding hydrogens is 360 g/mol. The van der Waals surface area contributed by atoms with E-state index in [1.165, 1.54) is 12.4 Å². The molecule has 142 valence electrons. The van der Waals surface area contributed by atoms with Crippen molar-refractivity contribution in [2.75, 3.05) is 0 Å². The van der Waals surface area contributed by atoms with E-state index in [0.717, 1.165) is 15.8 Å². The van der Waals surface area contributed by atoms with Crippen molar-refractivity contribution in [3.05, 3.63) is 90.3 Å². The largest absolute Gasteiger partial charge is 0.444 e. The van der Waals surface area contributed by atoms with Crippen molar-refractivity contribution in [3.63, 3.8) is 0 Å². The van der Waals surface area contributed by atoms with E-state index in [-0.39, 0.29) is 13.2 Å². The Morgan fingerprint density at radius 1 is 0.857 bits per heavy atom. The average Bonchev–Trinajstić information content (AvgIpc) is 3.27. The van der Waals surface area contributed by atoms with Crippen LogP contribution in [0.25, 0.3) is 0 Å². The molecule has 0 aliphatic rings. The zero-order valence-electron chi connectivity index (χ0n) is 14.9. The number of benzene rings is 2. The topological polar surface area (TPSA) is 97.5 Å². The van der Waals surface area contributed by atoms with Crippen molar-refractivity contribution in [2.45, 2.75) is 13.2 Å². The summed E-state index contributed by atoms with van der Waals surface area (Å²) in [4.78, 5) is 25.6. The lowest BCUT2D eigenvalue weighted by molar-refractivity contribution is 0.0878. The molecule has 2 amide bonds. The normalized spacial score (nSPS) is 10.1. The molecule has 1 aromatic heterocycles. The van der Waals surface area contributed by atoms with Gasteiger partial charge in [-0.05, 0) is 17.2 Å². The fraction of sp³-hybridized carbons (Fsp3) is 0.100. The maximum atomic E-state index is 12.5. The first-order valence-corrected chi connectivity index (χ1v) is 8.45. The number of hydrogen-bond donors (Lipinski definition) is 1. The van der Waals surface area contributed by atoms with Gasteiger partial charge in [-0.2, -0.15) is 5.10 Å². The van der Waals surface area contributed by atoms with Gasteiger partial charge in [0.05, 0.1) is 0 Å². The number of hydrogen-bond acceptors (Lipinski definition) is 6. The van der Waals surface area contributed by atoms with Gasteiger partial charge in [0.15, 0.2) is 0 Å². The number of carbonyl (C=O) groups excluding carboxylic acids is 2. The second-order valence-corrected chi connectivity index (χ2v) is 5.69. The number of nitrogens with zero attached hydrogens (tertiary/aromatic N) is 3. The van der Waals surface area contributed by atoms with Crippen LogP contribution in [0.4, 0.5) is 9.59 Å². The van der Waals surface area contributed by atoms with Crippen molar-refractivity contribution in [2.24, 2.45) is 0 Å². The van der Waals surface area contributed by atoms with Gasteiger partial charge < -0.3 is 9.47 Å². The third-order valence-corrected chi connectivity index (χ3v) is 3.71. The predicted molar refractivity (Wildman–Crippen MR) is 100 cm³/mol. The Labute approximate surface area is 161 Å². The molecule has 1 heterocycles. The first-order valence-electron chi connectivity index (χ1n) is 8.45. The third-order valence-electron chi connectivity index (χ3n) is 3.71. The molecule has 0 unspecified atom stereocenters. The SMILES string of the molecule is N=C(N(C(=O)OCc1ccccc1)C(=O)OCc1ccccc1)n1cccn1. The van der Waals surface area contributed by atoms with E-state index in [1.807, 2.05) is 12.1 Å². The summed E-state index contributed by atoms with van der Waals surface area (Å²) in [6.45, 7) is -0.0942. The van der Waals surface area contributed by atoms with Gasteiger partial charge in [-0.1, -0.05) is 60.7 Å². The molecule has 0 saturated carbocycles. The second-order valence-electron chi connectivity index (χ2n) is 5.69. The van der Waals surface area contributed by atoms with Crippen molar-refractivity contribution < 1.29 is 19.1 Å². The lowest BCUT2D eigenvalue weighted by Crippen LogP contribution is -2.45. The van der Waals surface area contributed by atoms with Gasteiger partial charge in [-0.3, -0.25) is 5.41 Å². The van der Waals surface area contributed by atoms with Crippen LogP contribution < -0.4 is 0 Å². The predicted octanol–water partition coefficient (Wildman–Crippen LogP) is 3.64. The van der Waals surface area contributed by atoms with Crippen LogP contribution in [0.1, 0.15) is 11.1 Å². The Hall–Kier alpha value is -3.94. The standard InChI is InChI=1S/C20H18N4O4/c21-18(23-13-7-12-22-23)24(19(25)27-14-16-8-3-1-4-9-16)20(26)28-15-17-10-5-2-6-11-17/h1-13,21H,14-15H2. The number of imide groups is 1. The first kappa shape index (κ1) is 18.8. The first-order chi connectivity index (χ1) is 13.6. The number of aromatic nitrogens is 2. The van der Waals surface area contributed by atoms with E-state index < -0.39 is 18.1 Å². The smallest absolute Gasteiger partial charge is 0.426 e. The molecule has 0 atom stereocenters. The number of nitrogens with one attached hydrogen (secondary N) is 1. The number of carbonyl (C=O) groups is 2. The van der Waals surface area contributed by atoms with Crippen molar-refractivity contribution >= 4 is 18.1 Å². The Morgan fingerprint density at radius 2 is 1.36 bits per heavy atom. The summed E-state index contributed by atoms with van der Waals surface area (Å²) in [5.74, 6) is -0.499. The van der Waals surface area contributed by atoms with Gasteiger partial charge in [0.2, 0.25) is 5.96 Å². The number of rotatable bonds is 4. The minimum atomic E-state index is -1.03. The molecule has 3 aromatic rings. The highest BCUT2D eigenvalue weighted by Crippen LogP contribution is 2.09. The van der Waals surface area contributed by atoms with E-state index in [1.54, 1.807) is 54.6 Å². The third kappa shape index (κ3) is 4.82. The molecule has 8 nitrogen and oxygen atoms in total. The molecule has 0 spiro atoms. The van der Waals surface area contributed by atoms with E-state index in [9.17, 15) is 9.59 Å². The fourth-order valence-electron chi connectivity index (χ4n) is 2.31. The molecule has 0 saturated heterocycles. The molecule has 0 radical (unpaired) electrons. The molecule has 0 bridgehead atoms. The lowest BCUT2D eigenvalue weighted by atomic mass is 10.2. The van der Waals surface area contributed by atoms with Crippen molar-refractivity contribution in [1.29, 1.82) is 5.41 Å². The van der Waals surface area contributed by atoms with E-state index in [0.29, 0.717) is 4.90 Å². The molecule has 2 aromatic carbocycles. The van der Waals surface area contributed by atoms with Crippen molar-refractivity contribution in [3.8, 4) is 0 Å².